The summed E-state index contributed by atoms with van der Waals surface area (Å²) in [5, 5.41) is 13.2. The summed E-state index contributed by atoms with van der Waals surface area (Å²) < 4.78 is 57.6. The van der Waals surface area contributed by atoms with Crippen molar-refractivity contribution in [2.24, 2.45) is 5.92 Å². The first-order valence-electron chi connectivity index (χ1n) is 12.6. The van der Waals surface area contributed by atoms with Crippen molar-refractivity contribution >= 4 is 11.7 Å². The molecule has 1 unspecified atom stereocenters. The van der Waals surface area contributed by atoms with Gasteiger partial charge in [0.25, 0.3) is 0 Å². The summed E-state index contributed by atoms with van der Waals surface area (Å²) in [6.45, 7) is 3.13. The monoisotopic (exact) mass is 523 g/mol. The molecule has 0 saturated carbocycles. The molecule has 0 aliphatic carbocycles. The first-order chi connectivity index (χ1) is 17.6. The molecule has 0 radical (unpaired) electrons. The molecular formula is C27H33F4N3O3. The molecule has 6 nitrogen and oxygen atoms in total. The van der Waals surface area contributed by atoms with Crippen LogP contribution in [0.3, 0.4) is 0 Å². The fourth-order valence-electron chi connectivity index (χ4n) is 5.25. The van der Waals surface area contributed by atoms with Gasteiger partial charge in [0.15, 0.2) is 0 Å². The second-order valence-corrected chi connectivity index (χ2v) is 9.90. The summed E-state index contributed by atoms with van der Waals surface area (Å²) in [5.41, 5.74) is -0.0882. The quantitative estimate of drug-likeness (QED) is 0.502. The van der Waals surface area contributed by atoms with Crippen LogP contribution in [-0.2, 0) is 6.18 Å². The van der Waals surface area contributed by atoms with Gasteiger partial charge in [-0.25, -0.2) is 9.18 Å². The average Bonchev–Trinajstić information content (AvgIpc) is 2.88. The Morgan fingerprint density at radius 1 is 1.05 bits per heavy atom. The van der Waals surface area contributed by atoms with E-state index in [1.54, 1.807) is 7.11 Å². The molecular weight excluding hydrogens is 490 g/mol. The van der Waals surface area contributed by atoms with E-state index in [0.717, 1.165) is 43.8 Å². The summed E-state index contributed by atoms with van der Waals surface area (Å²) in [7, 11) is 1.65. The molecule has 202 valence electrons. The van der Waals surface area contributed by atoms with Crippen LogP contribution < -0.4 is 10.1 Å². The van der Waals surface area contributed by atoms with Gasteiger partial charge in [0.1, 0.15) is 11.6 Å². The Bertz CT molecular complexity index is 1050. The van der Waals surface area contributed by atoms with Crippen LogP contribution in [0.4, 0.5) is 28.0 Å². The molecule has 2 heterocycles. The maximum absolute atomic E-state index is 13.6. The summed E-state index contributed by atoms with van der Waals surface area (Å²) in [6.07, 6.45) is -2.00. The highest BCUT2D eigenvalue weighted by atomic mass is 19.4. The molecule has 2 aliphatic rings. The van der Waals surface area contributed by atoms with Crippen molar-refractivity contribution in [3.8, 4) is 5.75 Å². The van der Waals surface area contributed by atoms with E-state index >= 15 is 0 Å². The Hall–Kier alpha value is -2.85. The van der Waals surface area contributed by atoms with Gasteiger partial charge in [0.2, 0.25) is 0 Å². The number of alkyl halides is 3. The van der Waals surface area contributed by atoms with Crippen LogP contribution in [0, 0.1) is 11.7 Å². The number of hydrogen-bond donors (Lipinski definition) is 2. The average molecular weight is 524 g/mol. The molecule has 10 heteroatoms. The van der Waals surface area contributed by atoms with Gasteiger partial charge in [-0.05, 0) is 86.5 Å². The SMILES string of the molecule is COc1ccc(C2CCN(CC(O)C3CCN(C(=O)Nc4cc(F)cc(C(F)(F)F)c4)CC3)CC2)cc1. The predicted molar refractivity (Wildman–Crippen MR) is 132 cm³/mol. The van der Waals surface area contributed by atoms with Crippen molar-refractivity contribution in [3.05, 3.63) is 59.4 Å². The normalized spacial score (nSPS) is 19.0. The molecule has 37 heavy (non-hydrogen) atoms. The number of piperidine rings is 2. The standard InChI is InChI=1S/C27H33F4N3O3/c1-37-24-4-2-18(3-5-24)19-6-10-33(11-7-19)17-25(35)20-8-12-34(13-9-20)26(36)32-23-15-21(27(29,30)31)14-22(28)16-23/h2-5,14-16,19-20,25,35H,6-13,17H2,1H3,(H,32,36). The lowest BCUT2D eigenvalue weighted by Crippen LogP contribution is -2.46. The largest absolute Gasteiger partial charge is 0.497 e. The van der Waals surface area contributed by atoms with Crippen molar-refractivity contribution in [3.63, 3.8) is 0 Å². The van der Waals surface area contributed by atoms with Crippen molar-refractivity contribution < 1.29 is 32.2 Å². The lowest BCUT2D eigenvalue weighted by molar-refractivity contribution is -0.137. The van der Waals surface area contributed by atoms with Crippen molar-refractivity contribution in [2.75, 3.05) is 45.2 Å². The maximum Gasteiger partial charge on any atom is 0.416 e. The number of benzene rings is 2. The molecule has 4 rings (SSSR count). The summed E-state index contributed by atoms with van der Waals surface area (Å²) in [4.78, 5) is 16.3. The molecule has 2 aromatic rings. The fraction of sp³-hybridized carbons (Fsp3) is 0.519. The number of β-amino-alcohol motifs (C(OH)–C–C–N with tert-alkyl or cyclic N) is 1. The number of amides is 2. The third kappa shape index (κ3) is 7.13. The number of nitrogens with zero attached hydrogens (tertiary/aromatic N) is 2. The van der Waals surface area contributed by atoms with Crippen LogP contribution in [0.2, 0.25) is 0 Å². The van der Waals surface area contributed by atoms with Crippen molar-refractivity contribution in [1.82, 2.24) is 9.80 Å². The number of anilines is 1. The molecule has 2 aromatic carbocycles. The zero-order chi connectivity index (χ0) is 26.6. The van der Waals surface area contributed by atoms with E-state index in [0.29, 0.717) is 44.5 Å². The second-order valence-electron chi connectivity index (χ2n) is 9.90. The number of hydrogen-bond acceptors (Lipinski definition) is 4. The fourth-order valence-corrected chi connectivity index (χ4v) is 5.25. The van der Waals surface area contributed by atoms with Crippen LogP contribution >= 0.6 is 0 Å². The van der Waals surface area contributed by atoms with Gasteiger partial charge in [0.05, 0.1) is 18.8 Å². The summed E-state index contributed by atoms with van der Waals surface area (Å²) >= 11 is 0. The number of carbonyl (C=O) groups excluding carboxylic acids is 1. The third-order valence-corrected chi connectivity index (χ3v) is 7.47. The van der Waals surface area contributed by atoms with Crippen molar-refractivity contribution in [2.45, 2.75) is 43.9 Å². The molecule has 0 spiro atoms. The van der Waals surface area contributed by atoms with E-state index in [2.05, 4.69) is 22.3 Å². The van der Waals surface area contributed by atoms with E-state index in [1.807, 2.05) is 12.1 Å². The van der Waals surface area contributed by atoms with Gasteiger partial charge in [-0.15, -0.1) is 0 Å². The minimum atomic E-state index is -4.71. The Balaban J connectivity index is 1.21. The third-order valence-electron chi connectivity index (χ3n) is 7.47. The summed E-state index contributed by atoms with van der Waals surface area (Å²) in [5.74, 6) is 0.304. The van der Waals surface area contributed by atoms with E-state index in [1.165, 1.54) is 10.5 Å². The Kier molecular flexibility index (Phi) is 8.59. The first kappa shape index (κ1) is 27.2. The zero-order valence-corrected chi connectivity index (χ0v) is 20.8. The van der Waals surface area contributed by atoms with Crippen LogP contribution in [0.15, 0.2) is 42.5 Å². The molecule has 1 atom stereocenters. The topological polar surface area (TPSA) is 65.0 Å². The number of carbonyl (C=O) groups is 1. The van der Waals surface area contributed by atoms with Crippen LogP contribution in [0.25, 0.3) is 0 Å². The smallest absolute Gasteiger partial charge is 0.416 e. The highest BCUT2D eigenvalue weighted by molar-refractivity contribution is 5.89. The molecule has 0 bridgehead atoms. The van der Waals surface area contributed by atoms with Crippen LogP contribution in [-0.4, -0.2) is 66.9 Å². The lowest BCUT2D eigenvalue weighted by atomic mass is 9.88. The van der Waals surface area contributed by atoms with E-state index in [-0.39, 0.29) is 11.6 Å². The number of rotatable bonds is 6. The number of halogens is 4. The molecule has 2 aliphatic heterocycles. The predicted octanol–water partition coefficient (Wildman–Crippen LogP) is 5.34. The van der Waals surface area contributed by atoms with Gasteiger partial charge < -0.3 is 25.0 Å². The van der Waals surface area contributed by atoms with E-state index in [4.69, 9.17) is 4.74 Å². The van der Waals surface area contributed by atoms with Crippen molar-refractivity contribution in [1.29, 1.82) is 0 Å². The molecule has 2 N–H and O–H groups in total. The second kappa shape index (κ2) is 11.7. The lowest BCUT2D eigenvalue weighted by Gasteiger charge is -2.38. The Morgan fingerprint density at radius 2 is 1.70 bits per heavy atom. The highest BCUT2D eigenvalue weighted by Gasteiger charge is 2.33. The zero-order valence-electron chi connectivity index (χ0n) is 20.8. The molecule has 0 aromatic heterocycles. The highest BCUT2D eigenvalue weighted by Crippen LogP contribution is 2.32. The Labute approximate surface area is 214 Å². The summed E-state index contributed by atoms with van der Waals surface area (Å²) in [6, 6.07) is 9.59. The van der Waals surface area contributed by atoms with Crippen LogP contribution in [0.5, 0.6) is 5.75 Å². The van der Waals surface area contributed by atoms with E-state index in [9.17, 15) is 27.5 Å². The number of likely N-dealkylation sites (tertiary alicyclic amines) is 2. The molecule has 2 amide bonds. The number of nitrogens with one attached hydrogen (secondary N) is 1. The number of methoxy groups -OCH3 is 1. The van der Waals surface area contributed by atoms with Gasteiger partial charge in [-0.1, -0.05) is 12.1 Å². The van der Waals surface area contributed by atoms with Gasteiger partial charge in [-0.3, -0.25) is 0 Å². The number of urea groups is 1. The minimum Gasteiger partial charge on any atom is -0.497 e. The van der Waals surface area contributed by atoms with Crippen LogP contribution in [0.1, 0.15) is 42.7 Å². The van der Waals surface area contributed by atoms with Gasteiger partial charge in [-0.2, -0.15) is 13.2 Å². The van der Waals surface area contributed by atoms with E-state index < -0.39 is 29.7 Å². The number of aliphatic hydroxyl groups excluding tert-OH is 1. The number of ether oxygens (including phenoxy) is 1. The number of aliphatic hydroxyl groups is 1. The molecule has 2 fully saturated rings. The minimum absolute atomic E-state index is 0.0364. The first-order valence-corrected chi connectivity index (χ1v) is 12.6. The van der Waals surface area contributed by atoms with Gasteiger partial charge in [0, 0.05) is 25.3 Å². The maximum atomic E-state index is 13.6. The Morgan fingerprint density at radius 3 is 2.30 bits per heavy atom. The van der Waals surface area contributed by atoms with Gasteiger partial charge >= 0.3 is 12.2 Å². The molecule has 2 saturated heterocycles.